The van der Waals surface area contributed by atoms with Gasteiger partial charge in [-0.3, -0.25) is 0 Å². The van der Waals surface area contributed by atoms with Gasteiger partial charge in [-0.25, -0.2) is 0 Å². The molecule has 0 bridgehead atoms. The summed E-state index contributed by atoms with van der Waals surface area (Å²) in [6.45, 7) is 5.45. The Morgan fingerprint density at radius 3 is 2.00 bits per heavy atom. The van der Waals surface area contributed by atoms with Crippen molar-refractivity contribution in [3.05, 3.63) is 5.32 Å². The topological polar surface area (TPSA) is 14.1 Å². The van der Waals surface area contributed by atoms with Crippen molar-refractivity contribution in [3.63, 3.8) is 0 Å². The van der Waals surface area contributed by atoms with Crippen LogP contribution in [0.4, 0.5) is 0 Å². The van der Waals surface area contributed by atoms with E-state index in [1.54, 1.807) is 0 Å². The predicted octanol–water partition coefficient (Wildman–Crippen LogP) is 2.03. The van der Waals surface area contributed by atoms with E-state index in [4.69, 9.17) is 0 Å². The minimum atomic E-state index is 0. The monoisotopic (exact) mass is 151 g/mol. The van der Waals surface area contributed by atoms with Crippen molar-refractivity contribution in [2.24, 2.45) is 5.92 Å². The molecule has 0 fully saturated rings. The maximum atomic E-state index is 3.98. The van der Waals surface area contributed by atoms with Crippen LogP contribution in [-0.4, -0.2) is 13.6 Å². The first-order valence-electron chi connectivity index (χ1n) is 2.83. The second-order valence-electron chi connectivity index (χ2n) is 2.22. The third-order valence-corrected chi connectivity index (χ3v) is 0.930. The van der Waals surface area contributed by atoms with Gasteiger partial charge in [-0.15, -0.1) is 6.54 Å². The zero-order valence-electron chi connectivity index (χ0n) is 5.89. The summed E-state index contributed by atoms with van der Waals surface area (Å²) in [5, 5.41) is 3.98. The van der Waals surface area contributed by atoms with Crippen LogP contribution in [0.2, 0.25) is 0 Å². The fourth-order valence-corrected chi connectivity index (χ4v) is 0.387. The van der Waals surface area contributed by atoms with Gasteiger partial charge in [0.15, 0.2) is 0 Å². The van der Waals surface area contributed by atoms with Gasteiger partial charge in [-0.2, -0.15) is 7.05 Å². The molecule has 2 heteroatoms. The second kappa shape index (κ2) is 7.54. The van der Waals surface area contributed by atoms with Crippen molar-refractivity contribution in [2.75, 3.05) is 13.6 Å². The van der Waals surface area contributed by atoms with E-state index < -0.39 is 0 Å². The van der Waals surface area contributed by atoms with Crippen molar-refractivity contribution in [2.45, 2.75) is 20.3 Å². The van der Waals surface area contributed by atoms with Crippen LogP contribution < -0.4 is 0 Å². The van der Waals surface area contributed by atoms with E-state index in [0.717, 1.165) is 12.5 Å². The van der Waals surface area contributed by atoms with Crippen LogP contribution in [-0.2, 0) is 18.6 Å². The van der Waals surface area contributed by atoms with Gasteiger partial charge < -0.3 is 5.32 Å². The van der Waals surface area contributed by atoms with Crippen molar-refractivity contribution in [1.29, 1.82) is 0 Å². The third-order valence-electron chi connectivity index (χ3n) is 0.930. The van der Waals surface area contributed by atoms with Crippen molar-refractivity contribution >= 4 is 0 Å². The van der Waals surface area contributed by atoms with E-state index in [0.29, 0.717) is 0 Å². The van der Waals surface area contributed by atoms with Crippen LogP contribution in [0.15, 0.2) is 0 Å². The average Bonchev–Trinajstić information content (AvgIpc) is 1.61. The van der Waals surface area contributed by atoms with E-state index >= 15 is 0 Å². The molecule has 0 rings (SSSR count). The molecule has 0 heterocycles. The first-order valence-corrected chi connectivity index (χ1v) is 2.83. The molecule has 0 atom stereocenters. The third kappa shape index (κ3) is 9.74. The normalized spacial score (nSPS) is 9.00. The van der Waals surface area contributed by atoms with Crippen molar-refractivity contribution in [3.8, 4) is 0 Å². The Hall–Kier alpha value is 0.544. The zero-order valence-corrected chi connectivity index (χ0v) is 7.28. The number of hydrogen-bond donors (Lipinski definition) is 0. The Morgan fingerprint density at radius 1 is 1.38 bits per heavy atom. The molecule has 0 N–H and O–H groups in total. The quantitative estimate of drug-likeness (QED) is 0.586. The van der Waals surface area contributed by atoms with E-state index in [2.05, 4.69) is 19.2 Å². The minimum absolute atomic E-state index is 0. The summed E-state index contributed by atoms with van der Waals surface area (Å²) in [7, 11) is 1.86. The molecule has 0 aliphatic heterocycles. The standard InChI is InChI=1S/C6H14N.V/c1-6(2)4-5-7-3;/h6H,4-5H2,1-3H3;/q-1;. The summed E-state index contributed by atoms with van der Waals surface area (Å²) in [5.74, 6) is 0.809. The molecule has 0 aromatic carbocycles. The Balaban J connectivity index is 0. The molecule has 0 spiro atoms. The maximum Gasteiger partial charge on any atom is 0 e. The summed E-state index contributed by atoms with van der Waals surface area (Å²) in [5.41, 5.74) is 0. The SMILES string of the molecule is C[N-]CCC(C)C.[V]. The molecule has 0 aliphatic carbocycles. The van der Waals surface area contributed by atoms with E-state index in [1.807, 2.05) is 7.05 Å². The first kappa shape index (κ1) is 11.4. The smallest absolute Gasteiger partial charge is 0 e. The molecule has 0 unspecified atom stereocenters. The number of nitrogens with zero attached hydrogens (tertiary/aromatic N) is 1. The van der Waals surface area contributed by atoms with Crippen LogP contribution in [0.25, 0.3) is 5.32 Å². The van der Waals surface area contributed by atoms with Crippen LogP contribution in [0, 0.1) is 5.92 Å². The fraction of sp³-hybridized carbons (Fsp3) is 1.00. The molecule has 0 amide bonds. The molecule has 0 aromatic heterocycles. The molecule has 0 aliphatic rings. The molecule has 1 radical (unpaired) electrons. The van der Waals surface area contributed by atoms with E-state index in [1.165, 1.54) is 6.42 Å². The second-order valence-corrected chi connectivity index (χ2v) is 2.22. The van der Waals surface area contributed by atoms with Gasteiger partial charge in [0, 0.05) is 18.6 Å². The van der Waals surface area contributed by atoms with Gasteiger partial charge in [0.25, 0.3) is 0 Å². The molecule has 49 valence electrons. The molecular formula is C6H14NV-. The van der Waals surface area contributed by atoms with Crippen LogP contribution in [0.1, 0.15) is 20.3 Å². The van der Waals surface area contributed by atoms with Gasteiger partial charge >= 0.3 is 0 Å². The number of hydrogen-bond acceptors (Lipinski definition) is 0. The Bertz CT molecular complexity index is 37.5. The molecule has 1 nitrogen and oxygen atoms in total. The summed E-state index contributed by atoms with van der Waals surface area (Å²) in [4.78, 5) is 0. The molecular weight excluding hydrogens is 137 g/mol. The minimum Gasteiger partial charge on any atom is -0.665 e. The molecule has 0 saturated heterocycles. The predicted molar refractivity (Wildman–Crippen MR) is 33.6 cm³/mol. The summed E-state index contributed by atoms with van der Waals surface area (Å²) in [6, 6.07) is 0. The first-order chi connectivity index (χ1) is 3.27. The van der Waals surface area contributed by atoms with Crippen molar-refractivity contribution in [1.82, 2.24) is 0 Å². The van der Waals surface area contributed by atoms with Crippen molar-refractivity contribution < 1.29 is 18.6 Å². The van der Waals surface area contributed by atoms with E-state index in [9.17, 15) is 0 Å². The summed E-state index contributed by atoms with van der Waals surface area (Å²) >= 11 is 0. The largest absolute Gasteiger partial charge is 0.665 e. The summed E-state index contributed by atoms with van der Waals surface area (Å²) in [6.07, 6.45) is 1.23. The van der Waals surface area contributed by atoms with Gasteiger partial charge in [0.2, 0.25) is 0 Å². The Morgan fingerprint density at radius 2 is 1.88 bits per heavy atom. The van der Waals surface area contributed by atoms with Crippen LogP contribution >= 0.6 is 0 Å². The molecule has 0 aromatic rings. The van der Waals surface area contributed by atoms with Gasteiger partial charge in [0.1, 0.15) is 0 Å². The van der Waals surface area contributed by atoms with Crippen LogP contribution in [0.3, 0.4) is 0 Å². The number of rotatable bonds is 3. The van der Waals surface area contributed by atoms with Gasteiger partial charge in [0.05, 0.1) is 0 Å². The molecule has 8 heavy (non-hydrogen) atoms. The van der Waals surface area contributed by atoms with Gasteiger partial charge in [-0.05, 0) is 5.92 Å². The maximum absolute atomic E-state index is 3.98. The average molecular weight is 151 g/mol. The fourth-order valence-electron chi connectivity index (χ4n) is 0.387. The summed E-state index contributed by atoms with van der Waals surface area (Å²) < 4.78 is 0. The van der Waals surface area contributed by atoms with Gasteiger partial charge in [-0.1, -0.05) is 20.3 Å². The van der Waals surface area contributed by atoms with Crippen LogP contribution in [0.5, 0.6) is 0 Å². The van der Waals surface area contributed by atoms with E-state index in [-0.39, 0.29) is 18.6 Å². The Labute approximate surface area is 64.1 Å². The molecule has 0 saturated carbocycles. The Kier molecular flexibility index (Phi) is 10.7. The zero-order chi connectivity index (χ0) is 5.70.